The topological polar surface area (TPSA) is 15.3 Å². The zero-order valence-electron chi connectivity index (χ0n) is 12.7. The highest BCUT2D eigenvalue weighted by Gasteiger charge is 2.40. The Balaban J connectivity index is 1.41. The molecule has 1 heterocycles. The van der Waals surface area contributed by atoms with Crippen LogP contribution < -0.4 is 5.32 Å². The first-order chi connectivity index (χ1) is 9.35. The van der Waals surface area contributed by atoms with Gasteiger partial charge in [-0.2, -0.15) is 0 Å². The Morgan fingerprint density at radius 3 is 2.84 bits per heavy atom. The lowest BCUT2D eigenvalue weighted by molar-refractivity contribution is 0.130. The van der Waals surface area contributed by atoms with E-state index in [1.165, 1.54) is 52.0 Å². The number of nitrogens with zero attached hydrogens (tertiary/aromatic N) is 1. The minimum atomic E-state index is 0.916. The predicted octanol–water partition coefficient (Wildman–Crippen LogP) is 3.13. The lowest BCUT2D eigenvalue weighted by Crippen LogP contribution is -2.42. The monoisotopic (exact) mass is 264 g/mol. The van der Waals surface area contributed by atoms with Crippen molar-refractivity contribution in [1.82, 2.24) is 10.2 Å². The summed E-state index contributed by atoms with van der Waals surface area (Å²) in [4.78, 5) is 2.80. The molecule has 3 fully saturated rings. The molecule has 0 aromatic rings. The first-order valence-corrected chi connectivity index (χ1v) is 8.78. The third kappa shape index (κ3) is 3.52. The molecule has 0 amide bonds. The van der Waals surface area contributed by atoms with E-state index in [4.69, 9.17) is 0 Å². The van der Waals surface area contributed by atoms with Crippen LogP contribution in [0.2, 0.25) is 0 Å². The second-order valence-electron chi connectivity index (χ2n) is 7.41. The van der Waals surface area contributed by atoms with E-state index in [-0.39, 0.29) is 0 Å². The number of hydrogen-bond acceptors (Lipinski definition) is 2. The third-order valence-corrected chi connectivity index (χ3v) is 5.84. The number of nitrogens with one attached hydrogen (secondary N) is 1. The second-order valence-corrected chi connectivity index (χ2v) is 7.41. The van der Waals surface area contributed by atoms with E-state index in [0.29, 0.717) is 0 Å². The Morgan fingerprint density at radius 2 is 2.11 bits per heavy atom. The van der Waals surface area contributed by atoms with Gasteiger partial charge in [-0.05, 0) is 81.8 Å². The van der Waals surface area contributed by atoms with Crippen LogP contribution in [0.15, 0.2) is 0 Å². The SMILES string of the molecule is CCCNCC1CCCN(CC2CC3CCC2C3)C1. The van der Waals surface area contributed by atoms with Crippen molar-refractivity contribution in [3.8, 4) is 0 Å². The highest BCUT2D eigenvalue weighted by molar-refractivity contribution is 4.91. The molecule has 1 N–H and O–H groups in total. The number of hydrogen-bond donors (Lipinski definition) is 1. The average molecular weight is 264 g/mol. The molecular weight excluding hydrogens is 232 g/mol. The fourth-order valence-corrected chi connectivity index (χ4v) is 4.90. The van der Waals surface area contributed by atoms with E-state index in [1.807, 2.05) is 0 Å². The van der Waals surface area contributed by atoms with Crippen molar-refractivity contribution >= 4 is 0 Å². The zero-order chi connectivity index (χ0) is 13.1. The van der Waals surface area contributed by atoms with Crippen LogP contribution in [0.5, 0.6) is 0 Å². The van der Waals surface area contributed by atoms with Crippen LogP contribution in [-0.2, 0) is 0 Å². The molecule has 2 saturated carbocycles. The van der Waals surface area contributed by atoms with E-state index in [2.05, 4.69) is 17.1 Å². The number of piperidine rings is 1. The van der Waals surface area contributed by atoms with Crippen molar-refractivity contribution in [1.29, 1.82) is 0 Å². The molecule has 4 unspecified atom stereocenters. The summed E-state index contributed by atoms with van der Waals surface area (Å²) < 4.78 is 0. The van der Waals surface area contributed by atoms with Gasteiger partial charge in [-0.3, -0.25) is 0 Å². The van der Waals surface area contributed by atoms with Crippen molar-refractivity contribution in [2.75, 3.05) is 32.7 Å². The van der Waals surface area contributed by atoms with Crippen LogP contribution >= 0.6 is 0 Å². The van der Waals surface area contributed by atoms with Crippen molar-refractivity contribution in [3.63, 3.8) is 0 Å². The van der Waals surface area contributed by atoms with Crippen LogP contribution in [0.4, 0.5) is 0 Å². The second kappa shape index (κ2) is 6.58. The van der Waals surface area contributed by atoms with Crippen LogP contribution in [0.1, 0.15) is 51.9 Å². The molecule has 0 radical (unpaired) electrons. The van der Waals surface area contributed by atoms with Crippen molar-refractivity contribution in [3.05, 3.63) is 0 Å². The van der Waals surface area contributed by atoms with Gasteiger partial charge in [0.1, 0.15) is 0 Å². The summed E-state index contributed by atoms with van der Waals surface area (Å²) in [7, 11) is 0. The van der Waals surface area contributed by atoms with Crippen LogP contribution in [0.25, 0.3) is 0 Å². The summed E-state index contributed by atoms with van der Waals surface area (Å²) in [5, 5.41) is 3.62. The summed E-state index contributed by atoms with van der Waals surface area (Å²) in [6.45, 7) is 8.87. The number of fused-ring (bicyclic) bond motifs is 2. The van der Waals surface area contributed by atoms with Gasteiger partial charge in [-0.25, -0.2) is 0 Å². The normalized spacial score (nSPS) is 39.0. The van der Waals surface area contributed by atoms with Crippen molar-refractivity contribution in [2.24, 2.45) is 23.7 Å². The molecular formula is C17H32N2. The van der Waals surface area contributed by atoms with Crippen LogP contribution in [0.3, 0.4) is 0 Å². The van der Waals surface area contributed by atoms with E-state index in [9.17, 15) is 0 Å². The molecule has 3 rings (SSSR count). The van der Waals surface area contributed by atoms with E-state index in [1.54, 1.807) is 25.7 Å². The van der Waals surface area contributed by atoms with Crippen molar-refractivity contribution < 1.29 is 0 Å². The molecule has 1 saturated heterocycles. The molecule has 2 bridgehead atoms. The quantitative estimate of drug-likeness (QED) is 0.742. The largest absolute Gasteiger partial charge is 0.316 e. The Kier molecular flexibility index (Phi) is 4.81. The van der Waals surface area contributed by atoms with Gasteiger partial charge in [0.05, 0.1) is 0 Å². The lowest BCUT2D eigenvalue weighted by atomic mass is 9.87. The maximum absolute atomic E-state index is 3.62. The molecule has 110 valence electrons. The van der Waals surface area contributed by atoms with Gasteiger partial charge in [-0.15, -0.1) is 0 Å². The lowest BCUT2D eigenvalue weighted by Gasteiger charge is -2.36. The minimum absolute atomic E-state index is 0.916. The van der Waals surface area contributed by atoms with Crippen molar-refractivity contribution in [2.45, 2.75) is 51.9 Å². The fraction of sp³-hybridized carbons (Fsp3) is 1.00. The maximum Gasteiger partial charge on any atom is 0.00219 e. The smallest absolute Gasteiger partial charge is 0.00219 e. The Morgan fingerprint density at radius 1 is 1.16 bits per heavy atom. The summed E-state index contributed by atoms with van der Waals surface area (Å²) >= 11 is 0. The summed E-state index contributed by atoms with van der Waals surface area (Å²) in [6, 6.07) is 0. The van der Waals surface area contributed by atoms with E-state index >= 15 is 0 Å². The summed E-state index contributed by atoms with van der Waals surface area (Å²) in [6.07, 6.45) is 10.4. The first-order valence-electron chi connectivity index (χ1n) is 8.78. The van der Waals surface area contributed by atoms with Gasteiger partial charge in [0.2, 0.25) is 0 Å². The van der Waals surface area contributed by atoms with E-state index in [0.717, 1.165) is 23.7 Å². The highest BCUT2D eigenvalue weighted by atomic mass is 15.1. The average Bonchev–Trinajstić information content (AvgIpc) is 3.02. The Hall–Kier alpha value is -0.0800. The van der Waals surface area contributed by atoms with E-state index < -0.39 is 0 Å². The molecule has 0 aromatic heterocycles. The van der Waals surface area contributed by atoms with Gasteiger partial charge in [0.25, 0.3) is 0 Å². The predicted molar refractivity (Wildman–Crippen MR) is 81.3 cm³/mol. The molecule has 0 aromatic carbocycles. The standard InChI is InChI=1S/C17H32N2/c1-2-7-18-11-15-4-3-8-19(12-15)13-17-10-14-5-6-16(17)9-14/h14-18H,2-13H2,1H3. The van der Waals surface area contributed by atoms with Gasteiger partial charge in [-0.1, -0.05) is 13.3 Å². The van der Waals surface area contributed by atoms with Gasteiger partial charge < -0.3 is 10.2 Å². The summed E-state index contributed by atoms with van der Waals surface area (Å²) in [5.74, 6) is 4.19. The Bertz CT molecular complexity index is 278. The third-order valence-electron chi connectivity index (χ3n) is 5.84. The molecule has 19 heavy (non-hydrogen) atoms. The molecule has 3 aliphatic rings. The summed E-state index contributed by atoms with van der Waals surface area (Å²) in [5.41, 5.74) is 0. The molecule has 2 aliphatic carbocycles. The van der Waals surface area contributed by atoms with Gasteiger partial charge >= 0.3 is 0 Å². The fourth-order valence-electron chi connectivity index (χ4n) is 4.90. The first kappa shape index (κ1) is 13.9. The Labute approximate surface area is 119 Å². The number of rotatable bonds is 6. The van der Waals surface area contributed by atoms with Crippen LogP contribution in [0, 0.1) is 23.7 Å². The molecule has 2 heteroatoms. The number of likely N-dealkylation sites (tertiary alicyclic amines) is 1. The zero-order valence-corrected chi connectivity index (χ0v) is 12.7. The molecule has 4 atom stereocenters. The highest BCUT2D eigenvalue weighted by Crippen LogP contribution is 2.48. The minimum Gasteiger partial charge on any atom is -0.316 e. The van der Waals surface area contributed by atoms with Gasteiger partial charge in [0.15, 0.2) is 0 Å². The van der Waals surface area contributed by atoms with Crippen LogP contribution in [-0.4, -0.2) is 37.6 Å². The molecule has 1 aliphatic heterocycles. The maximum atomic E-state index is 3.62. The molecule has 2 nitrogen and oxygen atoms in total. The molecule has 0 spiro atoms. The van der Waals surface area contributed by atoms with Gasteiger partial charge in [0, 0.05) is 13.1 Å².